The van der Waals surface area contributed by atoms with Crippen LogP contribution in [-0.2, 0) is 21.0 Å². The summed E-state index contributed by atoms with van der Waals surface area (Å²) in [5.74, 6) is 1.23. The second-order valence-corrected chi connectivity index (χ2v) is 10.6. The zero-order chi connectivity index (χ0) is 21.3. The Kier molecular flexibility index (Phi) is 11.6. The summed E-state index contributed by atoms with van der Waals surface area (Å²) in [4.78, 5) is 4.61. The second-order valence-electron chi connectivity index (χ2n) is 8.19. The van der Waals surface area contributed by atoms with Gasteiger partial charge in [0.15, 0.2) is 15.8 Å². The lowest BCUT2D eigenvalue weighted by Crippen LogP contribution is -2.47. The molecule has 0 aliphatic carbocycles. The number of nitrogens with zero attached hydrogens (tertiary/aromatic N) is 1. The van der Waals surface area contributed by atoms with E-state index in [1.807, 2.05) is 6.92 Å². The molecule has 0 atom stereocenters. The van der Waals surface area contributed by atoms with Gasteiger partial charge < -0.3 is 15.4 Å². The third-order valence-electron chi connectivity index (χ3n) is 5.64. The van der Waals surface area contributed by atoms with Crippen LogP contribution in [0.5, 0.6) is 0 Å². The quantitative estimate of drug-likeness (QED) is 0.213. The highest BCUT2D eigenvalue weighted by Gasteiger charge is 2.42. The molecule has 0 radical (unpaired) electrons. The molecule has 1 heterocycles. The normalized spacial score (nSPS) is 16.8. The van der Waals surface area contributed by atoms with Gasteiger partial charge in [-0.1, -0.05) is 38.1 Å². The number of rotatable bonds is 9. The summed E-state index contributed by atoms with van der Waals surface area (Å²) in [6.45, 7) is 9.15. The molecule has 1 aromatic rings. The number of aryl methyl sites for hydroxylation is 1. The van der Waals surface area contributed by atoms with Gasteiger partial charge in [0.05, 0.1) is 11.3 Å². The fourth-order valence-corrected chi connectivity index (χ4v) is 4.73. The minimum atomic E-state index is -3.21. The molecule has 1 fully saturated rings. The molecule has 1 saturated heterocycles. The van der Waals surface area contributed by atoms with E-state index in [-0.39, 0.29) is 30.5 Å². The van der Waals surface area contributed by atoms with Crippen molar-refractivity contribution in [3.8, 4) is 0 Å². The summed E-state index contributed by atoms with van der Waals surface area (Å²) in [5.41, 5.74) is 2.69. The number of hydrogen-bond donors (Lipinski definition) is 2. The minimum absolute atomic E-state index is 0. The number of guanidine groups is 1. The minimum Gasteiger partial charge on any atom is -0.381 e. The van der Waals surface area contributed by atoms with Gasteiger partial charge in [0, 0.05) is 32.6 Å². The zero-order valence-electron chi connectivity index (χ0n) is 18.7. The Morgan fingerprint density at radius 3 is 2.33 bits per heavy atom. The molecule has 2 N–H and O–H groups in total. The number of benzene rings is 1. The van der Waals surface area contributed by atoms with Crippen molar-refractivity contribution in [2.24, 2.45) is 4.99 Å². The number of aliphatic imine (C=N–C) groups is 1. The van der Waals surface area contributed by atoms with Crippen molar-refractivity contribution < 1.29 is 13.2 Å². The van der Waals surface area contributed by atoms with E-state index in [0.29, 0.717) is 37.9 Å². The average Bonchev–Trinajstić information content (AvgIpc) is 2.69. The van der Waals surface area contributed by atoms with Crippen LogP contribution in [0, 0.1) is 0 Å². The number of halogens is 1. The van der Waals surface area contributed by atoms with E-state index >= 15 is 0 Å². The SMILES string of the molecule is CCNC(=NCC1(S(C)(=O)=O)CCOCC1)NCCCc1ccc(C(C)C)cc1.I. The first kappa shape index (κ1) is 27.2. The van der Waals surface area contributed by atoms with Crippen molar-refractivity contribution in [2.45, 2.75) is 57.1 Å². The fourth-order valence-electron chi connectivity index (χ4n) is 3.52. The molecule has 0 bridgehead atoms. The molecule has 0 saturated carbocycles. The van der Waals surface area contributed by atoms with E-state index in [1.54, 1.807) is 0 Å². The Bertz CT molecular complexity index is 758. The zero-order valence-corrected chi connectivity index (χ0v) is 21.9. The highest BCUT2D eigenvalue weighted by atomic mass is 127. The molecule has 8 heteroatoms. The van der Waals surface area contributed by atoms with Gasteiger partial charge in [0.2, 0.25) is 0 Å². The van der Waals surface area contributed by atoms with E-state index < -0.39 is 14.6 Å². The second kappa shape index (κ2) is 12.9. The van der Waals surface area contributed by atoms with Gasteiger partial charge in [0.25, 0.3) is 0 Å². The standard InChI is InChI=1S/C22H37N3O3S.HI/c1-5-23-21(25-17-22(29(4,26)27)12-15-28-16-13-22)24-14-6-7-19-8-10-20(11-9-19)18(2)3;/h8-11,18H,5-7,12-17H2,1-4H3,(H2,23,24,25);1H. The third-order valence-corrected chi connectivity index (χ3v) is 7.75. The first-order chi connectivity index (χ1) is 13.8. The van der Waals surface area contributed by atoms with Crippen molar-refractivity contribution in [3.63, 3.8) is 0 Å². The smallest absolute Gasteiger partial charge is 0.191 e. The fraction of sp³-hybridized carbons (Fsp3) is 0.682. The highest BCUT2D eigenvalue weighted by Crippen LogP contribution is 2.29. The third kappa shape index (κ3) is 8.00. The van der Waals surface area contributed by atoms with E-state index in [9.17, 15) is 8.42 Å². The van der Waals surface area contributed by atoms with Crippen LogP contribution in [0.15, 0.2) is 29.3 Å². The number of sulfone groups is 1. The van der Waals surface area contributed by atoms with E-state index in [2.05, 4.69) is 53.7 Å². The molecule has 30 heavy (non-hydrogen) atoms. The van der Waals surface area contributed by atoms with E-state index in [0.717, 1.165) is 25.9 Å². The van der Waals surface area contributed by atoms with Crippen LogP contribution in [0.25, 0.3) is 0 Å². The Labute approximate surface area is 199 Å². The summed E-state index contributed by atoms with van der Waals surface area (Å²) in [6, 6.07) is 8.82. The molecule has 1 aliphatic rings. The van der Waals surface area contributed by atoms with Gasteiger partial charge in [-0.2, -0.15) is 0 Å². The van der Waals surface area contributed by atoms with Crippen molar-refractivity contribution in [3.05, 3.63) is 35.4 Å². The highest BCUT2D eigenvalue weighted by molar-refractivity contribution is 14.0. The van der Waals surface area contributed by atoms with Gasteiger partial charge in [-0.15, -0.1) is 24.0 Å². The summed E-state index contributed by atoms with van der Waals surface area (Å²) < 4.78 is 29.4. The van der Waals surface area contributed by atoms with Gasteiger partial charge in [-0.25, -0.2) is 8.42 Å². The molecular formula is C22H38IN3O3S. The van der Waals surface area contributed by atoms with E-state index in [1.165, 1.54) is 17.4 Å². The van der Waals surface area contributed by atoms with Gasteiger partial charge in [0.1, 0.15) is 0 Å². The number of ether oxygens (including phenoxy) is 1. The maximum Gasteiger partial charge on any atom is 0.191 e. The Hall–Kier alpha value is -0.870. The van der Waals surface area contributed by atoms with Crippen LogP contribution < -0.4 is 10.6 Å². The first-order valence-corrected chi connectivity index (χ1v) is 12.5. The van der Waals surface area contributed by atoms with Crippen molar-refractivity contribution in [1.29, 1.82) is 0 Å². The maximum absolute atomic E-state index is 12.4. The largest absolute Gasteiger partial charge is 0.381 e. The Morgan fingerprint density at radius 2 is 1.80 bits per heavy atom. The van der Waals surface area contributed by atoms with Crippen LogP contribution in [-0.4, -0.2) is 58.2 Å². The molecule has 6 nitrogen and oxygen atoms in total. The molecule has 0 unspecified atom stereocenters. The number of hydrogen-bond acceptors (Lipinski definition) is 4. The molecule has 172 valence electrons. The lowest BCUT2D eigenvalue weighted by molar-refractivity contribution is 0.0768. The Morgan fingerprint density at radius 1 is 1.17 bits per heavy atom. The average molecular weight is 552 g/mol. The van der Waals surface area contributed by atoms with Gasteiger partial charge in [-0.05, 0) is 49.7 Å². The number of nitrogens with one attached hydrogen (secondary N) is 2. The molecule has 0 spiro atoms. The first-order valence-electron chi connectivity index (χ1n) is 10.7. The summed E-state index contributed by atoms with van der Waals surface area (Å²) in [7, 11) is -3.21. The van der Waals surface area contributed by atoms with Crippen molar-refractivity contribution in [2.75, 3.05) is 39.1 Å². The monoisotopic (exact) mass is 551 g/mol. The topological polar surface area (TPSA) is 79.8 Å². The van der Waals surface area contributed by atoms with Crippen LogP contribution in [0.4, 0.5) is 0 Å². The molecular weight excluding hydrogens is 513 g/mol. The lowest BCUT2D eigenvalue weighted by atomic mass is 9.99. The molecule has 1 aromatic carbocycles. The van der Waals surface area contributed by atoms with Crippen LogP contribution in [0.2, 0.25) is 0 Å². The molecule has 1 aliphatic heterocycles. The Balaban J connectivity index is 0.00000450. The maximum atomic E-state index is 12.4. The molecule has 0 aromatic heterocycles. The van der Waals surface area contributed by atoms with Crippen molar-refractivity contribution in [1.82, 2.24) is 10.6 Å². The van der Waals surface area contributed by atoms with Crippen LogP contribution >= 0.6 is 24.0 Å². The van der Waals surface area contributed by atoms with Crippen LogP contribution in [0.3, 0.4) is 0 Å². The molecule has 0 amide bonds. The summed E-state index contributed by atoms with van der Waals surface area (Å²) in [5, 5.41) is 6.56. The van der Waals surface area contributed by atoms with Gasteiger partial charge >= 0.3 is 0 Å². The van der Waals surface area contributed by atoms with Crippen molar-refractivity contribution >= 4 is 39.8 Å². The van der Waals surface area contributed by atoms with Crippen LogP contribution in [0.1, 0.15) is 57.1 Å². The predicted octanol–water partition coefficient (Wildman–Crippen LogP) is 3.51. The molecule has 2 rings (SSSR count). The lowest BCUT2D eigenvalue weighted by Gasteiger charge is -2.34. The van der Waals surface area contributed by atoms with E-state index in [4.69, 9.17) is 4.74 Å². The predicted molar refractivity (Wildman–Crippen MR) is 136 cm³/mol. The summed E-state index contributed by atoms with van der Waals surface area (Å²) in [6.07, 6.45) is 4.30. The van der Waals surface area contributed by atoms with Gasteiger partial charge in [-0.3, -0.25) is 4.99 Å². The summed E-state index contributed by atoms with van der Waals surface area (Å²) >= 11 is 0.